The molecule has 5 nitrogen and oxygen atoms in total. The van der Waals surface area contributed by atoms with Crippen LogP contribution in [0.5, 0.6) is 0 Å². The summed E-state index contributed by atoms with van der Waals surface area (Å²) in [6, 6.07) is 11.7. The quantitative estimate of drug-likeness (QED) is 0.805. The maximum absolute atomic E-state index is 12.3. The van der Waals surface area contributed by atoms with Gasteiger partial charge < -0.3 is 5.32 Å². The fraction of sp³-hybridized carbons (Fsp3) is 0.167. The molecule has 0 unspecified atom stereocenters. The van der Waals surface area contributed by atoms with E-state index in [0.29, 0.717) is 21.8 Å². The maximum Gasteiger partial charge on any atom is 0.241 e. The molecule has 0 aromatic heterocycles. The molecule has 0 aliphatic heterocycles. The third-order valence-corrected chi connectivity index (χ3v) is 5.25. The Balaban J connectivity index is 2.02. The second-order valence-electron chi connectivity index (χ2n) is 5.25. The normalized spacial score (nSPS) is 10.7. The van der Waals surface area contributed by atoms with E-state index in [2.05, 4.69) is 21.9 Å². The molecule has 0 aliphatic rings. The number of hydrogen-bond acceptors (Lipinski definition) is 3. The highest BCUT2D eigenvalue weighted by molar-refractivity contribution is 7.89. The predicted octanol–water partition coefficient (Wildman–Crippen LogP) is 2.94. The van der Waals surface area contributed by atoms with E-state index in [1.54, 1.807) is 43.3 Å². The van der Waals surface area contributed by atoms with Crippen molar-refractivity contribution in [3.8, 4) is 11.8 Å². The number of benzene rings is 2. The van der Waals surface area contributed by atoms with E-state index >= 15 is 0 Å². The molecule has 2 N–H and O–H groups in total. The van der Waals surface area contributed by atoms with E-state index in [9.17, 15) is 13.2 Å². The largest absolute Gasteiger partial charge is 0.326 e. The molecule has 0 atom stereocenters. The Kier molecular flexibility index (Phi) is 6.21. The standard InChI is InChI=1S/C18H17ClN2O3S/c1-13-17(19)6-3-7-18(13)25(23,24)20-12-4-5-15-8-10-16(11-9-15)21-14(2)22/h3,6-11,20H,12H2,1-2H3,(H,21,22). The zero-order chi connectivity index (χ0) is 18.4. The molecule has 0 aliphatic carbocycles. The topological polar surface area (TPSA) is 75.3 Å². The highest BCUT2D eigenvalue weighted by Gasteiger charge is 2.16. The van der Waals surface area contributed by atoms with E-state index in [1.165, 1.54) is 13.0 Å². The van der Waals surface area contributed by atoms with Crippen molar-refractivity contribution < 1.29 is 13.2 Å². The van der Waals surface area contributed by atoms with Crippen molar-refractivity contribution >= 4 is 33.2 Å². The zero-order valence-corrected chi connectivity index (χ0v) is 15.3. The van der Waals surface area contributed by atoms with E-state index in [4.69, 9.17) is 11.6 Å². The van der Waals surface area contributed by atoms with Crippen molar-refractivity contribution in [1.82, 2.24) is 4.72 Å². The zero-order valence-electron chi connectivity index (χ0n) is 13.8. The van der Waals surface area contributed by atoms with Crippen LogP contribution in [0.25, 0.3) is 0 Å². The lowest BCUT2D eigenvalue weighted by Crippen LogP contribution is -2.24. The molecule has 0 saturated heterocycles. The molecule has 1 amide bonds. The van der Waals surface area contributed by atoms with Gasteiger partial charge in [0.2, 0.25) is 15.9 Å². The second kappa shape index (κ2) is 8.17. The third-order valence-electron chi connectivity index (χ3n) is 3.30. The number of carbonyl (C=O) groups excluding carboxylic acids is 1. The summed E-state index contributed by atoms with van der Waals surface area (Å²) >= 11 is 5.96. The fourth-order valence-electron chi connectivity index (χ4n) is 2.07. The first-order valence-corrected chi connectivity index (χ1v) is 9.27. The molecule has 2 aromatic rings. The van der Waals surface area contributed by atoms with Crippen molar-refractivity contribution in [3.05, 3.63) is 58.6 Å². The van der Waals surface area contributed by atoms with Crippen molar-refractivity contribution in [2.45, 2.75) is 18.7 Å². The van der Waals surface area contributed by atoms with Gasteiger partial charge in [0.05, 0.1) is 11.4 Å². The first-order valence-electron chi connectivity index (χ1n) is 7.41. The van der Waals surface area contributed by atoms with Crippen LogP contribution in [0.2, 0.25) is 5.02 Å². The Hall–Kier alpha value is -2.33. The molecule has 7 heteroatoms. The van der Waals surface area contributed by atoms with Crippen molar-refractivity contribution in [1.29, 1.82) is 0 Å². The molecule has 0 fully saturated rings. The number of amides is 1. The molecule has 25 heavy (non-hydrogen) atoms. The summed E-state index contributed by atoms with van der Waals surface area (Å²) in [6.45, 7) is 3.06. The van der Waals surface area contributed by atoms with Gasteiger partial charge in [-0.15, -0.1) is 0 Å². The van der Waals surface area contributed by atoms with Crippen LogP contribution in [0, 0.1) is 18.8 Å². The van der Waals surface area contributed by atoms with Crippen molar-refractivity contribution in [2.75, 3.05) is 11.9 Å². The van der Waals surface area contributed by atoms with Gasteiger partial charge in [-0.05, 0) is 48.9 Å². The Labute approximate surface area is 152 Å². The maximum atomic E-state index is 12.3. The number of nitrogens with one attached hydrogen (secondary N) is 2. The molecular weight excluding hydrogens is 360 g/mol. The predicted molar refractivity (Wildman–Crippen MR) is 99.0 cm³/mol. The van der Waals surface area contributed by atoms with Crippen LogP contribution in [0.1, 0.15) is 18.1 Å². The minimum Gasteiger partial charge on any atom is -0.326 e. The molecule has 0 saturated carbocycles. The van der Waals surface area contributed by atoms with Crippen LogP contribution in [-0.2, 0) is 14.8 Å². The van der Waals surface area contributed by atoms with Crippen LogP contribution in [0.15, 0.2) is 47.4 Å². The molecule has 0 radical (unpaired) electrons. The first-order chi connectivity index (χ1) is 11.8. The average Bonchev–Trinajstić information content (AvgIpc) is 2.55. The van der Waals surface area contributed by atoms with Crippen molar-refractivity contribution in [2.24, 2.45) is 0 Å². The lowest BCUT2D eigenvalue weighted by atomic mass is 10.2. The summed E-state index contributed by atoms with van der Waals surface area (Å²) < 4.78 is 27.0. The van der Waals surface area contributed by atoms with E-state index < -0.39 is 10.0 Å². The summed E-state index contributed by atoms with van der Waals surface area (Å²) in [5.41, 5.74) is 1.89. The lowest BCUT2D eigenvalue weighted by Gasteiger charge is -2.08. The van der Waals surface area contributed by atoms with E-state index in [1.807, 2.05) is 0 Å². The summed E-state index contributed by atoms with van der Waals surface area (Å²) in [6.07, 6.45) is 0. The highest BCUT2D eigenvalue weighted by atomic mass is 35.5. The van der Waals surface area contributed by atoms with Gasteiger partial charge in [0, 0.05) is 23.2 Å². The van der Waals surface area contributed by atoms with Gasteiger partial charge in [0.1, 0.15) is 0 Å². The Bertz CT molecular complexity index is 943. The number of anilines is 1. The minimum atomic E-state index is -3.67. The smallest absolute Gasteiger partial charge is 0.241 e. The van der Waals surface area contributed by atoms with Gasteiger partial charge >= 0.3 is 0 Å². The average molecular weight is 377 g/mol. The van der Waals surface area contributed by atoms with Gasteiger partial charge in [-0.1, -0.05) is 29.5 Å². The molecule has 2 aromatic carbocycles. The lowest BCUT2D eigenvalue weighted by molar-refractivity contribution is -0.114. The summed E-state index contributed by atoms with van der Waals surface area (Å²) in [7, 11) is -3.67. The summed E-state index contributed by atoms with van der Waals surface area (Å²) in [4.78, 5) is 11.1. The van der Waals surface area contributed by atoms with Gasteiger partial charge in [-0.2, -0.15) is 4.72 Å². The number of carbonyl (C=O) groups is 1. The van der Waals surface area contributed by atoms with Crippen LogP contribution in [-0.4, -0.2) is 20.9 Å². The van der Waals surface area contributed by atoms with E-state index in [-0.39, 0.29) is 17.3 Å². The molecule has 0 bridgehead atoms. The first kappa shape index (κ1) is 19.0. The monoisotopic (exact) mass is 376 g/mol. The number of halogens is 1. The van der Waals surface area contributed by atoms with E-state index in [0.717, 1.165) is 0 Å². The van der Waals surface area contributed by atoms with Gasteiger partial charge in [0.25, 0.3) is 0 Å². The van der Waals surface area contributed by atoms with Gasteiger partial charge in [-0.25, -0.2) is 8.42 Å². The van der Waals surface area contributed by atoms with Gasteiger partial charge in [0.15, 0.2) is 0 Å². The summed E-state index contributed by atoms with van der Waals surface area (Å²) in [5.74, 6) is 5.47. The second-order valence-corrected chi connectivity index (χ2v) is 7.39. The van der Waals surface area contributed by atoms with Crippen molar-refractivity contribution in [3.63, 3.8) is 0 Å². The fourth-order valence-corrected chi connectivity index (χ4v) is 3.49. The highest BCUT2D eigenvalue weighted by Crippen LogP contribution is 2.22. The van der Waals surface area contributed by atoms with Crippen LogP contribution >= 0.6 is 11.6 Å². The third kappa shape index (κ3) is 5.33. The van der Waals surface area contributed by atoms with Crippen LogP contribution in [0.3, 0.4) is 0 Å². The number of rotatable bonds is 4. The minimum absolute atomic E-state index is 0.0261. The Morgan fingerprint density at radius 2 is 1.84 bits per heavy atom. The SMILES string of the molecule is CC(=O)Nc1ccc(C#CCNS(=O)(=O)c2cccc(Cl)c2C)cc1. The molecule has 2 rings (SSSR count). The molecular formula is C18H17ClN2O3S. The Morgan fingerprint density at radius 3 is 2.48 bits per heavy atom. The number of hydrogen-bond donors (Lipinski definition) is 2. The number of sulfonamides is 1. The molecule has 0 heterocycles. The van der Waals surface area contributed by atoms with Crippen LogP contribution in [0.4, 0.5) is 5.69 Å². The summed E-state index contributed by atoms with van der Waals surface area (Å²) in [5, 5.41) is 3.05. The molecule has 0 spiro atoms. The van der Waals surface area contributed by atoms with Crippen LogP contribution < -0.4 is 10.0 Å². The molecule has 130 valence electrons. The van der Waals surface area contributed by atoms with Gasteiger partial charge in [-0.3, -0.25) is 4.79 Å². The Morgan fingerprint density at radius 1 is 1.16 bits per heavy atom.